The molecule has 0 aliphatic rings. The van der Waals surface area contributed by atoms with E-state index in [1.807, 2.05) is 45.0 Å². The van der Waals surface area contributed by atoms with Crippen molar-refractivity contribution in [3.05, 3.63) is 34.3 Å². The van der Waals surface area contributed by atoms with Gasteiger partial charge in [-0.3, -0.25) is 4.79 Å². The molecule has 3 unspecified atom stereocenters. The van der Waals surface area contributed by atoms with Crippen LogP contribution in [0.5, 0.6) is 0 Å². The molecule has 3 atom stereocenters. The molecule has 1 amide bonds. The van der Waals surface area contributed by atoms with Gasteiger partial charge in [-0.25, -0.2) is 0 Å². The highest BCUT2D eigenvalue weighted by molar-refractivity contribution is 9.10. The Hall–Kier alpha value is -0.870. The quantitative estimate of drug-likeness (QED) is 0.898. The predicted octanol–water partition coefficient (Wildman–Crippen LogP) is 2.61. The summed E-state index contributed by atoms with van der Waals surface area (Å²) in [7, 11) is 0. The lowest BCUT2D eigenvalue weighted by Crippen LogP contribution is -2.39. The Morgan fingerprint density at radius 1 is 1.29 bits per heavy atom. The molecule has 3 nitrogen and oxygen atoms in total. The number of amides is 1. The standard InChI is InChI=1S/C13H19BrN2O/c1-8(9(2)15)13(17)16-10(3)11-6-4-5-7-12(11)14/h4-10H,15H2,1-3H3,(H,16,17). The van der Waals surface area contributed by atoms with Crippen LogP contribution >= 0.6 is 15.9 Å². The van der Waals surface area contributed by atoms with Crippen molar-refractivity contribution < 1.29 is 4.79 Å². The SMILES string of the molecule is CC(NC(=O)C(C)C(C)N)c1ccccc1Br. The molecule has 94 valence electrons. The maximum atomic E-state index is 11.9. The van der Waals surface area contributed by atoms with Gasteiger partial charge in [0.05, 0.1) is 6.04 Å². The van der Waals surface area contributed by atoms with Gasteiger partial charge in [0, 0.05) is 16.4 Å². The third kappa shape index (κ3) is 3.82. The topological polar surface area (TPSA) is 55.1 Å². The number of carbonyl (C=O) groups excluding carboxylic acids is 1. The van der Waals surface area contributed by atoms with Crippen molar-refractivity contribution >= 4 is 21.8 Å². The molecule has 0 aromatic heterocycles. The highest BCUT2D eigenvalue weighted by atomic mass is 79.9. The van der Waals surface area contributed by atoms with Crippen molar-refractivity contribution in [1.29, 1.82) is 0 Å². The zero-order valence-electron chi connectivity index (χ0n) is 10.4. The number of rotatable bonds is 4. The smallest absolute Gasteiger partial charge is 0.224 e. The fourth-order valence-corrected chi connectivity index (χ4v) is 2.12. The van der Waals surface area contributed by atoms with E-state index in [1.54, 1.807) is 0 Å². The minimum absolute atomic E-state index is 0.0109. The number of benzene rings is 1. The van der Waals surface area contributed by atoms with Crippen LogP contribution in [0.3, 0.4) is 0 Å². The predicted molar refractivity (Wildman–Crippen MR) is 73.5 cm³/mol. The molecule has 0 saturated carbocycles. The normalized spacial score (nSPS) is 16.1. The Bertz CT molecular complexity index is 393. The minimum atomic E-state index is -0.181. The Labute approximate surface area is 111 Å². The van der Waals surface area contributed by atoms with E-state index in [2.05, 4.69) is 21.2 Å². The van der Waals surface area contributed by atoms with Gasteiger partial charge >= 0.3 is 0 Å². The largest absolute Gasteiger partial charge is 0.349 e. The summed E-state index contributed by atoms with van der Waals surface area (Å²) in [5, 5.41) is 2.97. The molecule has 0 aliphatic carbocycles. The summed E-state index contributed by atoms with van der Waals surface area (Å²) >= 11 is 3.48. The first-order valence-corrected chi connectivity index (χ1v) is 6.53. The van der Waals surface area contributed by atoms with E-state index in [0.29, 0.717) is 0 Å². The monoisotopic (exact) mass is 298 g/mol. The van der Waals surface area contributed by atoms with Crippen LogP contribution in [0.25, 0.3) is 0 Å². The molecule has 0 heterocycles. The molecule has 3 N–H and O–H groups in total. The molecule has 0 fully saturated rings. The zero-order valence-corrected chi connectivity index (χ0v) is 12.0. The Morgan fingerprint density at radius 2 is 1.88 bits per heavy atom. The van der Waals surface area contributed by atoms with E-state index >= 15 is 0 Å². The van der Waals surface area contributed by atoms with Crippen LogP contribution in [0.15, 0.2) is 28.7 Å². The molecule has 1 rings (SSSR count). The van der Waals surface area contributed by atoms with Crippen molar-refractivity contribution in [3.63, 3.8) is 0 Å². The van der Waals surface area contributed by atoms with Gasteiger partial charge in [0.2, 0.25) is 5.91 Å². The number of nitrogens with two attached hydrogens (primary N) is 1. The second-order valence-corrected chi connectivity index (χ2v) is 5.25. The van der Waals surface area contributed by atoms with Crippen molar-refractivity contribution in [3.8, 4) is 0 Å². The molecular weight excluding hydrogens is 280 g/mol. The van der Waals surface area contributed by atoms with Crippen LogP contribution in [-0.4, -0.2) is 11.9 Å². The van der Waals surface area contributed by atoms with Crippen LogP contribution in [0, 0.1) is 5.92 Å². The lowest BCUT2D eigenvalue weighted by molar-refractivity contribution is -0.125. The summed E-state index contributed by atoms with van der Waals surface area (Å²) in [4.78, 5) is 11.9. The fourth-order valence-electron chi connectivity index (χ4n) is 1.49. The minimum Gasteiger partial charge on any atom is -0.349 e. The highest BCUT2D eigenvalue weighted by Gasteiger charge is 2.19. The molecule has 17 heavy (non-hydrogen) atoms. The third-order valence-corrected chi connectivity index (χ3v) is 3.65. The zero-order chi connectivity index (χ0) is 13.0. The molecule has 0 radical (unpaired) electrons. The van der Waals surface area contributed by atoms with Gasteiger partial charge in [0.25, 0.3) is 0 Å². The van der Waals surface area contributed by atoms with Gasteiger partial charge in [-0.2, -0.15) is 0 Å². The fraction of sp³-hybridized carbons (Fsp3) is 0.462. The first-order chi connectivity index (χ1) is 7.93. The molecule has 0 spiro atoms. The van der Waals surface area contributed by atoms with E-state index in [9.17, 15) is 4.79 Å². The van der Waals surface area contributed by atoms with Gasteiger partial charge in [-0.1, -0.05) is 41.1 Å². The molecule has 0 bridgehead atoms. The molecule has 1 aromatic carbocycles. The lowest BCUT2D eigenvalue weighted by atomic mass is 10.0. The average molecular weight is 299 g/mol. The van der Waals surface area contributed by atoms with Crippen LogP contribution in [0.2, 0.25) is 0 Å². The van der Waals surface area contributed by atoms with E-state index in [1.165, 1.54) is 0 Å². The molecule has 1 aromatic rings. The van der Waals surface area contributed by atoms with Crippen molar-refractivity contribution in [2.24, 2.45) is 11.7 Å². The first-order valence-electron chi connectivity index (χ1n) is 5.74. The van der Waals surface area contributed by atoms with Gasteiger partial charge in [-0.15, -0.1) is 0 Å². The van der Waals surface area contributed by atoms with Gasteiger partial charge in [0.15, 0.2) is 0 Å². The summed E-state index contributed by atoms with van der Waals surface area (Å²) in [5.41, 5.74) is 6.78. The number of hydrogen-bond acceptors (Lipinski definition) is 2. The van der Waals surface area contributed by atoms with E-state index < -0.39 is 0 Å². The number of nitrogens with one attached hydrogen (secondary N) is 1. The summed E-state index contributed by atoms with van der Waals surface area (Å²) < 4.78 is 1.00. The number of hydrogen-bond donors (Lipinski definition) is 2. The van der Waals surface area contributed by atoms with Crippen molar-refractivity contribution in [1.82, 2.24) is 5.32 Å². The summed E-state index contributed by atoms with van der Waals surface area (Å²) in [6.45, 7) is 5.64. The maximum absolute atomic E-state index is 11.9. The maximum Gasteiger partial charge on any atom is 0.224 e. The Balaban J connectivity index is 2.70. The summed E-state index contributed by atoms with van der Waals surface area (Å²) in [6, 6.07) is 7.70. The average Bonchev–Trinajstić information content (AvgIpc) is 2.28. The molecular formula is C13H19BrN2O. The van der Waals surface area contributed by atoms with E-state index in [-0.39, 0.29) is 23.9 Å². The van der Waals surface area contributed by atoms with Crippen LogP contribution in [-0.2, 0) is 4.79 Å². The second kappa shape index (κ2) is 6.17. The Morgan fingerprint density at radius 3 is 2.41 bits per heavy atom. The summed E-state index contributed by atoms with van der Waals surface area (Å²) in [6.07, 6.45) is 0. The Kier molecular flexibility index (Phi) is 5.15. The molecule has 0 saturated heterocycles. The lowest BCUT2D eigenvalue weighted by Gasteiger charge is -2.20. The number of carbonyl (C=O) groups is 1. The molecule has 4 heteroatoms. The highest BCUT2D eigenvalue weighted by Crippen LogP contribution is 2.23. The van der Waals surface area contributed by atoms with Crippen molar-refractivity contribution in [2.75, 3.05) is 0 Å². The van der Waals surface area contributed by atoms with E-state index in [4.69, 9.17) is 5.73 Å². The van der Waals surface area contributed by atoms with Gasteiger partial charge < -0.3 is 11.1 Å². The molecule has 0 aliphatic heterocycles. The van der Waals surface area contributed by atoms with Crippen LogP contribution in [0.4, 0.5) is 0 Å². The summed E-state index contributed by atoms with van der Waals surface area (Å²) in [5.74, 6) is -0.191. The third-order valence-electron chi connectivity index (χ3n) is 2.93. The van der Waals surface area contributed by atoms with Crippen LogP contribution in [0.1, 0.15) is 32.4 Å². The first kappa shape index (κ1) is 14.2. The van der Waals surface area contributed by atoms with Gasteiger partial charge in [-0.05, 0) is 25.5 Å². The van der Waals surface area contributed by atoms with Gasteiger partial charge in [0.1, 0.15) is 0 Å². The number of halogens is 1. The van der Waals surface area contributed by atoms with E-state index in [0.717, 1.165) is 10.0 Å². The van der Waals surface area contributed by atoms with Crippen molar-refractivity contribution in [2.45, 2.75) is 32.9 Å². The second-order valence-electron chi connectivity index (χ2n) is 4.40. The van der Waals surface area contributed by atoms with Crippen LogP contribution < -0.4 is 11.1 Å².